The number of nitrogens with two attached hydrogens (primary N) is 1. The van der Waals surface area contributed by atoms with Gasteiger partial charge in [0.05, 0.1) is 18.8 Å². The van der Waals surface area contributed by atoms with Crippen LogP contribution < -0.4 is 10.5 Å². The molecule has 1 aliphatic heterocycles. The number of carbonyl (C=O) groups excluding carboxylic acids is 2. The van der Waals surface area contributed by atoms with Crippen LogP contribution in [0.15, 0.2) is 36.4 Å². The van der Waals surface area contributed by atoms with Crippen LogP contribution in [0.2, 0.25) is 0 Å². The number of ether oxygens (including phenoxy) is 2. The summed E-state index contributed by atoms with van der Waals surface area (Å²) in [6, 6.07) is 11.2. The number of phenols is 1. The fraction of sp³-hybridized carbons (Fsp3) is 0.462. The van der Waals surface area contributed by atoms with Crippen LogP contribution >= 0.6 is 0 Å². The van der Waals surface area contributed by atoms with Gasteiger partial charge in [-0.1, -0.05) is 19.9 Å². The molecular weight excluding hydrogens is 420 g/mol. The minimum Gasteiger partial charge on any atom is -0.508 e. The normalized spacial score (nSPS) is 12.7. The number of rotatable bonds is 7. The average Bonchev–Trinajstić information content (AvgIpc) is 3.16. The molecule has 2 aromatic carbocycles. The summed E-state index contributed by atoms with van der Waals surface area (Å²) in [6.45, 7) is 12.6. The molecule has 7 nitrogen and oxygen atoms in total. The minimum atomic E-state index is -0.128. The molecule has 0 spiro atoms. The molecule has 0 aliphatic carbocycles. The van der Waals surface area contributed by atoms with E-state index in [1.54, 1.807) is 18.2 Å². The number of nitrogens with zero attached hydrogens (tertiary/aromatic N) is 1. The molecule has 3 rings (SSSR count). The number of fused-ring (bicyclic) bond motifs is 1. The first-order valence-electron chi connectivity index (χ1n) is 11.2. The summed E-state index contributed by atoms with van der Waals surface area (Å²) in [4.78, 5) is 23.4. The molecule has 180 valence electrons. The van der Waals surface area contributed by atoms with Gasteiger partial charge in [0, 0.05) is 25.1 Å². The second-order valence-corrected chi connectivity index (χ2v) is 9.32. The summed E-state index contributed by atoms with van der Waals surface area (Å²) in [5.41, 5.74) is 7.71. The van der Waals surface area contributed by atoms with Crippen molar-refractivity contribution in [2.24, 2.45) is 5.73 Å². The van der Waals surface area contributed by atoms with Gasteiger partial charge < -0.3 is 25.2 Å². The van der Waals surface area contributed by atoms with E-state index in [0.29, 0.717) is 31.9 Å². The number of hydrogen-bond acceptors (Lipinski definition) is 5. The third-order valence-corrected chi connectivity index (χ3v) is 5.18. The summed E-state index contributed by atoms with van der Waals surface area (Å²) in [7, 11) is 0. The van der Waals surface area contributed by atoms with Crippen LogP contribution in [0.3, 0.4) is 0 Å². The van der Waals surface area contributed by atoms with Crippen LogP contribution in [-0.4, -0.2) is 41.1 Å². The van der Waals surface area contributed by atoms with E-state index in [1.165, 1.54) is 0 Å². The molecule has 1 aliphatic rings. The second kappa shape index (κ2) is 11.7. The molecule has 2 amide bonds. The maximum absolute atomic E-state index is 13.0. The van der Waals surface area contributed by atoms with Gasteiger partial charge in [0.2, 0.25) is 6.41 Å². The highest BCUT2D eigenvalue weighted by Gasteiger charge is 2.25. The maximum Gasteiger partial charge on any atom is 0.254 e. The highest BCUT2D eigenvalue weighted by molar-refractivity contribution is 5.95. The minimum absolute atomic E-state index is 0.0186. The molecule has 0 bridgehead atoms. The van der Waals surface area contributed by atoms with E-state index in [2.05, 4.69) is 5.73 Å². The van der Waals surface area contributed by atoms with Crippen molar-refractivity contribution in [2.75, 3.05) is 13.2 Å². The predicted molar refractivity (Wildman–Crippen MR) is 128 cm³/mol. The lowest BCUT2D eigenvalue weighted by molar-refractivity contribution is -0.106. The summed E-state index contributed by atoms with van der Waals surface area (Å²) >= 11 is 0. The van der Waals surface area contributed by atoms with Crippen molar-refractivity contribution in [1.29, 1.82) is 0 Å². The Balaban J connectivity index is 0.00000122. The van der Waals surface area contributed by atoms with E-state index < -0.39 is 0 Å². The molecule has 3 N–H and O–H groups in total. The largest absolute Gasteiger partial charge is 0.508 e. The standard InChI is InChI=1S/C25H33NO4.CH3NO/c1-17(2)22-14-18(8-10-23(22)27)24(28)26-15-19-7-9-21(13-20(19)16-26)29-11-6-12-30-25(3,4)5;2-1-3/h7-10,13-14,17,27H,6,11-12,15-16H2,1-5H3;1H,(H2,2,3). The lowest BCUT2D eigenvalue weighted by atomic mass is 9.99. The van der Waals surface area contributed by atoms with Crippen molar-refractivity contribution in [3.63, 3.8) is 0 Å². The van der Waals surface area contributed by atoms with Crippen LogP contribution in [0.4, 0.5) is 0 Å². The highest BCUT2D eigenvalue weighted by Crippen LogP contribution is 2.30. The van der Waals surface area contributed by atoms with E-state index in [0.717, 1.165) is 28.9 Å². The summed E-state index contributed by atoms with van der Waals surface area (Å²) in [6.07, 6.45) is 1.08. The summed E-state index contributed by atoms with van der Waals surface area (Å²) in [5, 5.41) is 10.0. The Morgan fingerprint density at radius 1 is 1.12 bits per heavy atom. The van der Waals surface area contributed by atoms with E-state index in [-0.39, 0.29) is 29.6 Å². The van der Waals surface area contributed by atoms with Crippen molar-refractivity contribution >= 4 is 12.3 Å². The van der Waals surface area contributed by atoms with Crippen LogP contribution in [0.25, 0.3) is 0 Å². The van der Waals surface area contributed by atoms with Gasteiger partial charge in [0.1, 0.15) is 11.5 Å². The number of benzene rings is 2. The van der Waals surface area contributed by atoms with E-state index in [1.807, 2.05) is 57.7 Å². The molecule has 2 aromatic rings. The molecule has 0 saturated heterocycles. The first-order valence-corrected chi connectivity index (χ1v) is 11.2. The van der Waals surface area contributed by atoms with Crippen LogP contribution in [-0.2, 0) is 22.6 Å². The zero-order valence-corrected chi connectivity index (χ0v) is 20.3. The lowest BCUT2D eigenvalue weighted by Gasteiger charge is -2.19. The molecule has 1 heterocycles. The monoisotopic (exact) mass is 456 g/mol. The molecular formula is C26H36N2O5. The van der Waals surface area contributed by atoms with Crippen molar-refractivity contribution in [3.8, 4) is 11.5 Å². The van der Waals surface area contributed by atoms with Crippen molar-refractivity contribution in [1.82, 2.24) is 4.90 Å². The van der Waals surface area contributed by atoms with Crippen LogP contribution in [0.1, 0.15) is 74.0 Å². The van der Waals surface area contributed by atoms with Gasteiger partial charge in [0.15, 0.2) is 0 Å². The van der Waals surface area contributed by atoms with Gasteiger partial charge >= 0.3 is 0 Å². The lowest BCUT2D eigenvalue weighted by Crippen LogP contribution is -2.25. The van der Waals surface area contributed by atoms with Gasteiger partial charge in [-0.15, -0.1) is 0 Å². The molecule has 0 aromatic heterocycles. The van der Waals surface area contributed by atoms with E-state index >= 15 is 0 Å². The van der Waals surface area contributed by atoms with Crippen molar-refractivity contribution in [2.45, 2.75) is 65.6 Å². The number of aromatic hydroxyl groups is 1. The maximum atomic E-state index is 13.0. The SMILES string of the molecule is CC(C)c1cc(C(=O)N2Cc3ccc(OCCCOC(C)(C)C)cc3C2)ccc1O.NC=O. The molecule has 0 unspecified atom stereocenters. The van der Waals surface area contributed by atoms with Gasteiger partial charge in [-0.25, -0.2) is 0 Å². The molecule has 0 radical (unpaired) electrons. The quantitative estimate of drug-likeness (QED) is 0.476. The Kier molecular flexibility index (Phi) is 9.29. The van der Waals surface area contributed by atoms with Crippen molar-refractivity contribution in [3.05, 3.63) is 58.7 Å². The Bertz CT molecular complexity index is 950. The smallest absolute Gasteiger partial charge is 0.254 e. The van der Waals surface area contributed by atoms with Gasteiger partial charge in [-0.05, 0) is 73.7 Å². The molecule has 33 heavy (non-hydrogen) atoms. The number of hydrogen-bond donors (Lipinski definition) is 2. The number of amides is 2. The fourth-order valence-corrected chi connectivity index (χ4v) is 3.56. The Labute approximate surface area is 196 Å². The first-order chi connectivity index (χ1) is 15.6. The van der Waals surface area contributed by atoms with Gasteiger partial charge in [-0.3, -0.25) is 9.59 Å². The topological polar surface area (TPSA) is 102 Å². The number of phenolic OH excluding ortho intramolecular Hbond substituents is 1. The summed E-state index contributed by atoms with van der Waals surface area (Å²) < 4.78 is 11.6. The second-order valence-electron chi connectivity index (χ2n) is 9.32. The zero-order valence-electron chi connectivity index (χ0n) is 20.3. The van der Waals surface area contributed by atoms with Crippen LogP contribution in [0.5, 0.6) is 11.5 Å². The first kappa shape index (κ1) is 26.2. The Morgan fingerprint density at radius 2 is 1.79 bits per heavy atom. The number of primary amides is 1. The molecule has 0 atom stereocenters. The van der Waals surface area contributed by atoms with E-state index in [9.17, 15) is 9.90 Å². The van der Waals surface area contributed by atoms with Crippen molar-refractivity contribution < 1.29 is 24.2 Å². The zero-order chi connectivity index (χ0) is 24.6. The van der Waals surface area contributed by atoms with Crippen LogP contribution in [0, 0.1) is 0 Å². The number of carbonyl (C=O) groups is 2. The molecule has 0 fully saturated rings. The molecule has 7 heteroatoms. The third-order valence-electron chi connectivity index (χ3n) is 5.18. The average molecular weight is 457 g/mol. The summed E-state index contributed by atoms with van der Waals surface area (Å²) in [5.74, 6) is 1.20. The Morgan fingerprint density at radius 3 is 2.42 bits per heavy atom. The highest BCUT2D eigenvalue weighted by atomic mass is 16.5. The Hall–Kier alpha value is -3.06. The predicted octanol–water partition coefficient (Wildman–Crippen LogP) is 4.36. The fourth-order valence-electron chi connectivity index (χ4n) is 3.56. The van der Waals surface area contributed by atoms with E-state index in [4.69, 9.17) is 14.3 Å². The van der Waals surface area contributed by atoms with Gasteiger partial charge in [0.25, 0.3) is 5.91 Å². The third kappa shape index (κ3) is 7.79. The van der Waals surface area contributed by atoms with Gasteiger partial charge in [-0.2, -0.15) is 0 Å². The molecule has 0 saturated carbocycles.